The van der Waals surface area contributed by atoms with E-state index in [1.807, 2.05) is 0 Å². The van der Waals surface area contributed by atoms with Gasteiger partial charge in [0.25, 0.3) is 0 Å². The molecule has 1 nitrogen and oxygen atoms in total. The van der Waals surface area contributed by atoms with Gasteiger partial charge in [0, 0.05) is 0 Å². The third kappa shape index (κ3) is 3.94. The zero-order valence-corrected chi connectivity index (χ0v) is 13.9. The van der Waals surface area contributed by atoms with Crippen molar-refractivity contribution in [3.8, 4) is 0 Å². The number of likely N-dealkylation sites (N-methyl/N-ethyl adjacent to an activating group) is 1. The van der Waals surface area contributed by atoms with Gasteiger partial charge < -0.3 is 0 Å². The molecule has 0 spiro atoms. The molecule has 0 fully saturated rings. The molecule has 2 heteroatoms. The second kappa shape index (κ2) is 8.17. The summed E-state index contributed by atoms with van der Waals surface area (Å²) in [5.74, 6) is 0.253. The molecule has 1 aromatic rings. The van der Waals surface area contributed by atoms with E-state index < -0.39 is 0 Å². The van der Waals surface area contributed by atoms with Crippen molar-refractivity contribution in [2.75, 3.05) is 13.1 Å². The van der Waals surface area contributed by atoms with Crippen LogP contribution in [0.4, 0.5) is 0 Å². The van der Waals surface area contributed by atoms with E-state index in [0.29, 0.717) is 0 Å². The van der Waals surface area contributed by atoms with Gasteiger partial charge >= 0.3 is 125 Å². The van der Waals surface area contributed by atoms with E-state index in [9.17, 15) is 0 Å². The number of nitrogens with zero attached hydrogens (tertiary/aromatic N) is 1. The fraction of sp³-hybridized carbons (Fsp3) is 0.412. The molecule has 1 aromatic carbocycles. The number of rotatable bonds is 7. The monoisotopic (exact) mass is 321 g/mol. The normalized spacial score (nSPS) is 11.5. The average molecular weight is 320 g/mol. The van der Waals surface area contributed by atoms with Crippen molar-refractivity contribution >= 4 is 20.1 Å². The van der Waals surface area contributed by atoms with Crippen LogP contribution in [0.5, 0.6) is 0 Å². The summed E-state index contributed by atoms with van der Waals surface area (Å²) in [6, 6.07) is 10.6. The van der Waals surface area contributed by atoms with Crippen LogP contribution >= 0.6 is 0 Å². The van der Waals surface area contributed by atoms with Crippen molar-refractivity contribution in [3.63, 3.8) is 0 Å². The van der Waals surface area contributed by atoms with Crippen molar-refractivity contribution in [3.05, 3.63) is 53.8 Å². The summed E-state index contributed by atoms with van der Waals surface area (Å²) in [4.78, 5) is 2.37. The maximum absolute atomic E-state index is 3.86. The maximum atomic E-state index is 3.86. The molecule has 1 rings (SSSR count). The molecule has 1 atom stereocenters. The van der Waals surface area contributed by atoms with Crippen LogP contribution in [0.15, 0.2) is 48.2 Å². The molecule has 0 saturated carbocycles. The fourth-order valence-corrected chi connectivity index (χ4v) is 3.41. The second-order valence-electron chi connectivity index (χ2n) is 4.41. The summed E-state index contributed by atoms with van der Waals surface area (Å²) in [6.07, 6.45) is 0.968. The van der Waals surface area contributed by atoms with E-state index in [-0.39, 0.29) is 5.92 Å². The summed E-state index contributed by atoms with van der Waals surface area (Å²) in [7, 11) is 0. The van der Waals surface area contributed by atoms with E-state index in [1.54, 1.807) is 0 Å². The van der Waals surface area contributed by atoms with Crippen molar-refractivity contribution in [2.45, 2.75) is 33.1 Å². The molecule has 0 aliphatic carbocycles. The molecular formula is C17H23NSe. The Morgan fingerprint density at radius 2 is 1.79 bits per heavy atom. The third-order valence-corrected chi connectivity index (χ3v) is 4.45. The molecule has 0 bridgehead atoms. The Labute approximate surface area is 125 Å². The van der Waals surface area contributed by atoms with Gasteiger partial charge in [0.2, 0.25) is 0 Å². The van der Waals surface area contributed by atoms with E-state index in [2.05, 4.69) is 83.9 Å². The minimum atomic E-state index is 0.253. The zero-order valence-electron chi connectivity index (χ0n) is 12.1. The summed E-state index contributed by atoms with van der Waals surface area (Å²) in [5, 5.41) is 0. The average Bonchev–Trinajstić information content (AvgIpc) is 2.46. The molecule has 0 amide bonds. The SMILES string of the molecule is C=C=C(CC)C(C(=[Se])N(CC)CC)c1ccccc1. The Balaban J connectivity index is 3.21. The molecule has 0 aliphatic heterocycles. The van der Waals surface area contributed by atoms with Gasteiger partial charge in [-0.3, -0.25) is 0 Å². The standard InChI is InChI=1S/C17H23NSe/c1-5-14(6-2)16(15-12-10-9-11-13-15)17(19)18(7-3)8-4/h9-13,16H,1,6-8H2,2-4H3. The van der Waals surface area contributed by atoms with Crippen LogP contribution in [0.25, 0.3) is 0 Å². The predicted molar refractivity (Wildman–Crippen MR) is 85.8 cm³/mol. The first-order valence-electron chi connectivity index (χ1n) is 6.92. The molecule has 0 aromatic heterocycles. The first kappa shape index (κ1) is 16.0. The van der Waals surface area contributed by atoms with Crippen molar-refractivity contribution in [1.82, 2.24) is 4.90 Å². The van der Waals surface area contributed by atoms with E-state index >= 15 is 0 Å². The van der Waals surface area contributed by atoms with E-state index in [4.69, 9.17) is 0 Å². The quantitative estimate of drug-likeness (QED) is 0.549. The summed E-state index contributed by atoms with van der Waals surface area (Å²) < 4.78 is 1.27. The molecule has 102 valence electrons. The van der Waals surface area contributed by atoms with Gasteiger partial charge in [-0.1, -0.05) is 0 Å². The molecular weight excluding hydrogens is 297 g/mol. The van der Waals surface area contributed by atoms with Crippen molar-refractivity contribution in [2.24, 2.45) is 0 Å². The summed E-state index contributed by atoms with van der Waals surface area (Å²) >= 11 is 3.28. The van der Waals surface area contributed by atoms with Gasteiger partial charge in [0.15, 0.2) is 0 Å². The Kier molecular flexibility index (Phi) is 6.87. The molecule has 1 unspecified atom stereocenters. The fourth-order valence-electron chi connectivity index (χ4n) is 2.29. The molecule has 0 saturated heterocycles. The van der Waals surface area contributed by atoms with Crippen LogP contribution in [0, 0.1) is 0 Å². The van der Waals surface area contributed by atoms with Crippen molar-refractivity contribution < 1.29 is 0 Å². The van der Waals surface area contributed by atoms with Crippen LogP contribution in [-0.2, 0) is 0 Å². The number of hydrogen-bond acceptors (Lipinski definition) is 1. The predicted octanol–water partition coefficient (Wildman–Crippen LogP) is 3.53. The van der Waals surface area contributed by atoms with Gasteiger partial charge in [0.1, 0.15) is 0 Å². The minimum absolute atomic E-state index is 0.253. The zero-order chi connectivity index (χ0) is 14.3. The van der Waals surface area contributed by atoms with Crippen LogP contribution in [0.1, 0.15) is 38.7 Å². The van der Waals surface area contributed by atoms with Crippen LogP contribution in [0.2, 0.25) is 0 Å². The molecule has 0 heterocycles. The van der Waals surface area contributed by atoms with Gasteiger partial charge in [-0.05, 0) is 0 Å². The summed E-state index contributed by atoms with van der Waals surface area (Å²) in [6.45, 7) is 12.4. The first-order valence-corrected chi connectivity index (χ1v) is 7.77. The molecule has 19 heavy (non-hydrogen) atoms. The van der Waals surface area contributed by atoms with Crippen LogP contribution < -0.4 is 0 Å². The van der Waals surface area contributed by atoms with E-state index in [1.165, 1.54) is 15.7 Å². The Morgan fingerprint density at radius 1 is 1.21 bits per heavy atom. The topological polar surface area (TPSA) is 3.24 Å². The molecule has 0 N–H and O–H groups in total. The van der Waals surface area contributed by atoms with Gasteiger partial charge in [-0.15, -0.1) is 0 Å². The van der Waals surface area contributed by atoms with Gasteiger partial charge in [-0.2, -0.15) is 0 Å². The molecule has 0 aliphatic rings. The summed E-state index contributed by atoms with van der Waals surface area (Å²) in [5.41, 5.74) is 5.68. The van der Waals surface area contributed by atoms with Gasteiger partial charge in [0.05, 0.1) is 0 Å². The van der Waals surface area contributed by atoms with Gasteiger partial charge in [-0.25, -0.2) is 0 Å². The molecule has 0 radical (unpaired) electrons. The van der Waals surface area contributed by atoms with Crippen molar-refractivity contribution in [1.29, 1.82) is 0 Å². The Bertz CT molecular complexity index is 453. The number of benzene rings is 1. The number of hydrogen-bond donors (Lipinski definition) is 0. The first-order chi connectivity index (χ1) is 9.19. The van der Waals surface area contributed by atoms with E-state index in [0.717, 1.165) is 19.5 Å². The Morgan fingerprint density at radius 3 is 2.21 bits per heavy atom. The second-order valence-corrected chi connectivity index (χ2v) is 5.29. The Hall–Kier alpha value is -1.07. The van der Waals surface area contributed by atoms with Crippen LogP contribution in [-0.4, -0.2) is 38.1 Å². The van der Waals surface area contributed by atoms with Crippen LogP contribution in [0.3, 0.4) is 0 Å². The third-order valence-electron chi connectivity index (χ3n) is 3.41.